The molecular formula is C22H26ClNO4. The molecule has 0 saturated carbocycles. The Balaban J connectivity index is 1.98. The van der Waals surface area contributed by atoms with Crippen LogP contribution in [0.3, 0.4) is 0 Å². The number of benzene rings is 2. The summed E-state index contributed by atoms with van der Waals surface area (Å²) >= 11 is 5.83. The Morgan fingerprint density at radius 1 is 0.964 bits per heavy atom. The first-order chi connectivity index (χ1) is 13.3. The van der Waals surface area contributed by atoms with E-state index in [-0.39, 0.29) is 5.91 Å². The number of rotatable bonds is 8. The molecule has 2 rings (SSSR count). The van der Waals surface area contributed by atoms with Crippen LogP contribution in [-0.4, -0.2) is 24.1 Å². The van der Waals surface area contributed by atoms with Crippen LogP contribution in [0.15, 0.2) is 42.5 Å². The molecule has 0 aromatic heterocycles. The average Bonchev–Trinajstić information content (AvgIpc) is 2.69. The van der Waals surface area contributed by atoms with Gasteiger partial charge in [-0.3, -0.25) is 4.79 Å². The highest BCUT2D eigenvalue weighted by atomic mass is 35.5. The Bertz CT molecular complexity index is 798. The summed E-state index contributed by atoms with van der Waals surface area (Å²) in [5.74, 6) is -0.491. The van der Waals surface area contributed by atoms with Crippen LogP contribution < -0.4 is 10.1 Å². The molecule has 2 atom stereocenters. The van der Waals surface area contributed by atoms with E-state index in [0.717, 1.165) is 29.7 Å². The fourth-order valence-corrected chi connectivity index (χ4v) is 2.84. The van der Waals surface area contributed by atoms with E-state index in [2.05, 4.69) is 5.32 Å². The van der Waals surface area contributed by atoms with Gasteiger partial charge in [-0.2, -0.15) is 0 Å². The topological polar surface area (TPSA) is 64.6 Å². The predicted octanol–water partition coefficient (Wildman–Crippen LogP) is 4.80. The van der Waals surface area contributed by atoms with E-state index in [1.807, 2.05) is 32.0 Å². The van der Waals surface area contributed by atoms with E-state index in [9.17, 15) is 9.59 Å². The molecule has 0 aliphatic rings. The van der Waals surface area contributed by atoms with E-state index in [1.54, 1.807) is 38.1 Å². The fraction of sp³-hybridized carbons (Fsp3) is 0.364. The number of amides is 1. The van der Waals surface area contributed by atoms with Crippen LogP contribution in [0, 0.1) is 0 Å². The summed E-state index contributed by atoms with van der Waals surface area (Å²) in [4.78, 5) is 24.8. The molecular weight excluding hydrogens is 378 g/mol. The van der Waals surface area contributed by atoms with Gasteiger partial charge in [0.1, 0.15) is 5.75 Å². The van der Waals surface area contributed by atoms with Crippen molar-refractivity contribution in [3.8, 4) is 5.75 Å². The van der Waals surface area contributed by atoms with Gasteiger partial charge >= 0.3 is 5.97 Å². The van der Waals surface area contributed by atoms with Crippen LogP contribution in [0.5, 0.6) is 5.75 Å². The van der Waals surface area contributed by atoms with Crippen molar-refractivity contribution in [1.82, 2.24) is 0 Å². The minimum absolute atomic E-state index is 0.373. The fourth-order valence-electron chi connectivity index (χ4n) is 2.72. The number of esters is 1. The van der Waals surface area contributed by atoms with Gasteiger partial charge in [-0.25, -0.2) is 4.79 Å². The second-order valence-corrected chi connectivity index (χ2v) is 6.88. The summed E-state index contributed by atoms with van der Waals surface area (Å²) in [7, 11) is 0. The van der Waals surface area contributed by atoms with Crippen LogP contribution in [0.25, 0.3) is 0 Å². The molecule has 28 heavy (non-hydrogen) atoms. The number of carbonyl (C=O) groups is 2. The van der Waals surface area contributed by atoms with Crippen molar-refractivity contribution in [2.75, 3.05) is 5.32 Å². The summed E-state index contributed by atoms with van der Waals surface area (Å²) in [6.45, 7) is 7.18. The molecule has 0 unspecified atom stereocenters. The van der Waals surface area contributed by atoms with E-state index in [0.29, 0.717) is 10.8 Å². The van der Waals surface area contributed by atoms with E-state index in [4.69, 9.17) is 21.1 Å². The molecule has 0 heterocycles. The van der Waals surface area contributed by atoms with Gasteiger partial charge in [0.15, 0.2) is 12.2 Å². The van der Waals surface area contributed by atoms with Crippen molar-refractivity contribution in [3.63, 3.8) is 0 Å². The van der Waals surface area contributed by atoms with Gasteiger partial charge < -0.3 is 14.8 Å². The standard InChI is InChI=1S/C22H26ClNO4/c1-5-16-8-7-9-17(6-2)20(16)24-21(25)14(3)28-22(26)15(4)27-19-12-10-18(23)11-13-19/h7-15H,5-6H2,1-4H3,(H,24,25)/t14-,15+/m0/s1. The smallest absolute Gasteiger partial charge is 0.347 e. The van der Waals surface area contributed by atoms with Crippen molar-refractivity contribution in [3.05, 3.63) is 58.6 Å². The molecule has 6 heteroatoms. The number of carbonyl (C=O) groups excluding carboxylic acids is 2. The predicted molar refractivity (Wildman–Crippen MR) is 111 cm³/mol. The first-order valence-corrected chi connectivity index (χ1v) is 9.77. The number of anilines is 1. The average molecular weight is 404 g/mol. The van der Waals surface area contributed by atoms with Gasteiger partial charge in [0, 0.05) is 10.7 Å². The largest absolute Gasteiger partial charge is 0.479 e. The summed E-state index contributed by atoms with van der Waals surface area (Å²) in [6, 6.07) is 12.6. The molecule has 2 aromatic carbocycles. The first-order valence-electron chi connectivity index (χ1n) is 9.40. The maximum atomic E-state index is 12.6. The third-order valence-corrected chi connectivity index (χ3v) is 4.62. The van der Waals surface area contributed by atoms with Crippen molar-refractivity contribution in [2.24, 2.45) is 0 Å². The Hall–Kier alpha value is -2.53. The van der Waals surface area contributed by atoms with E-state index >= 15 is 0 Å². The number of halogens is 1. The van der Waals surface area contributed by atoms with Gasteiger partial charge in [-0.05, 0) is 62.1 Å². The second-order valence-electron chi connectivity index (χ2n) is 6.44. The molecule has 0 saturated heterocycles. The summed E-state index contributed by atoms with van der Waals surface area (Å²) < 4.78 is 10.8. The number of hydrogen-bond acceptors (Lipinski definition) is 4. The minimum Gasteiger partial charge on any atom is -0.479 e. The third kappa shape index (κ3) is 5.73. The maximum Gasteiger partial charge on any atom is 0.347 e. The van der Waals surface area contributed by atoms with Gasteiger partial charge in [0.2, 0.25) is 0 Å². The first kappa shape index (κ1) is 21.8. The summed E-state index contributed by atoms with van der Waals surface area (Å²) in [5, 5.41) is 3.48. The van der Waals surface area contributed by atoms with Crippen LogP contribution in [0.2, 0.25) is 5.02 Å². The molecule has 2 aromatic rings. The number of hydrogen-bond donors (Lipinski definition) is 1. The van der Waals surface area contributed by atoms with E-state index < -0.39 is 18.2 Å². The van der Waals surface area contributed by atoms with Crippen LogP contribution in [0.1, 0.15) is 38.8 Å². The van der Waals surface area contributed by atoms with Crippen LogP contribution in [0.4, 0.5) is 5.69 Å². The van der Waals surface area contributed by atoms with Crippen molar-refractivity contribution in [1.29, 1.82) is 0 Å². The zero-order valence-electron chi connectivity index (χ0n) is 16.6. The number of para-hydroxylation sites is 1. The monoisotopic (exact) mass is 403 g/mol. The van der Waals surface area contributed by atoms with Crippen LogP contribution >= 0.6 is 11.6 Å². The zero-order chi connectivity index (χ0) is 20.7. The maximum absolute atomic E-state index is 12.6. The lowest BCUT2D eigenvalue weighted by molar-refractivity contribution is -0.159. The molecule has 0 aliphatic heterocycles. The highest BCUT2D eigenvalue weighted by Gasteiger charge is 2.24. The third-order valence-electron chi connectivity index (χ3n) is 4.37. The Morgan fingerprint density at radius 2 is 1.54 bits per heavy atom. The minimum atomic E-state index is -0.946. The Kier molecular flexibility index (Phi) is 7.88. The highest BCUT2D eigenvalue weighted by molar-refractivity contribution is 6.30. The van der Waals surface area contributed by atoms with Gasteiger partial charge in [0.05, 0.1) is 0 Å². The SMILES string of the molecule is CCc1cccc(CC)c1NC(=O)[C@H](C)OC(=O)[C@@H](C)Oc1ccc(Cl)cc1. The Labute approximate surface area is 171 Å². The molecule has 0 bridgehead atoms. The van der Waals surface area contributed by atoms with E-state index in [1.165, 1.54) is 0 Å². The lowest BCUT2D eigenvalue weighted by Crippen LogP contribution is -2.35. The molecule has 0 fully saturated rings. The second kappa shape index (κ2) is 10.1. The molecule has 5 nitrogen and oxygen atoms in total. The zero-order valence-corrected chi connectivity index (χ0v) is 17.4. The number of aryl methyl sites for hydroxylation is 2. The summed E-state index contributed by atoms with van der Waals surface area (Å²) in [5.41, 5.74) is 2.89. The van der Waals surface area contributed by atoms with Crippen molar-refractivity contribution in [2.45, 2.75) is 52.7 Å². The van der Waals surface area contributed by atoms with Gasteiger partial charge in [0.25, 0.3) is 5.91 Å². The summed E-state index contributed by atoms with van der Waals surface area (Å²) in [6.07, 6.45) is -0.211. The van der Waals surface area contributed by atoms with Gasteiger partial charge in [-0.1, -0.05) is 43.6 Å². The van der Waals surface area contributed by atoms with Crippen LogP contribution in [-0.2, 0) is 27.2 Å². The van der Waals surface area contributed by atoms with Crippen molar-refractivity contribution >= 4 is 29.2 Å². The molecule has 1 N–H and O–H groups in total. The van der Waals surface area contributed by atoms with Crippen molar-refractivity contribution < 1.29 is 19.1 Å². The molecule has 150 valence electrons. The molecule has 0 radical (unpaired) electrons. The lowest BCUT2D eigenvalue weighted by atomic mass is 10.0. The quantitative estimate of drug-likeness (QED) is 0.643. The van der Waals surface area contributed by atoms with Gasteiger partial charge in [-0.15, -0.1) is 0 Å². The number of ether oxygens (including phenoxy) is 2. The molecule has 0 spiro atoms. The highest BCUT2D eigenvalue weighted by Crippen LogP contribution is 2.23. The normalized spacial score (nSPS) is 12.8. The Morgan fingerprint density at radius 3 is 2.07 bits per heavy atom. The lowest BCUT2D eigenvalue weighted by Gasteiger charge is -2.19. The number of nitrogens with one attached hydrogen (secondary N) is 1. The molecule has 0 aliphatic carbocycles. The molecule has 1 amide bonds.